The monoisotopic (exact) mass is 259 g/mol. The molecule has 2 aliphatic rings. The van der Waals surface area contributed by atoms with Crippen LogP contribution in [0, 0.1) is 5.92 Å². The van der Waals surface area contributed by atoms with Crippen molar-refractivity contribution in [3.8, 4) is 0 Å². The minimum absolute atomic E-state index is 0.114. The normalized spacial score (nSPS) is 30.3. The second-order valence-electron chi connectivity index (χ2n) is 4.86. The summed E-state index contributed by atoms with van der Waals surface area (Å²) in [5, 5.41) is 23.2. The molecule has 0 atom stereocenters. The highest BCUT2D eigenvalue weighted by Gasteiger charge is 2.39. The van der Waals surface area contributed by atoms with Crippen molar-refractivity contribution in [2.75, 3.05) is 13.1 Å². The molecule has 2 fully saturated rings. The fourth-order valence-electron chi connectivity index (χ4n) is 2.88. The van der Waals surface area contributed by atoms with Gasteiger partial charge in [0.15, 0.2) is 0 Å². The Hall–Kier alpha value is -0.120. The smallest absolute Gasteiger partial charge is 0.0700 e. The van der Waals surface area contributed by atoms with Gasteiger partial charge in [-0.05, 0) is 57.5 Å². The first kappa shape index (κ1) is 17.9. The number of nitrogens with one attached hydrogen (secondary N) is 1. The first-order chi connectivity index (χ1) is 8.71. The maximum Gasteiger partial charge on any atom is 0.0700 e. The molecular weight excluding hydrogens is 226 g/mol. The van der Waals surface area contributed by atoms with E-state index in [1.807, 2.05) is 27.7 Å². The summed E-state index contributed by atoms with van der Waals surface area (Å²) in [7, 11) is 0. The second-order valence-corrected chi connectivity index (χ2v) is 4.86. The molecule has 0 radical (unpaired) electrons. The van der Waals surface area contributed by atoms with Crippen molar-refractivity contribution < 1.29 is 10.2 Å². The fourth-order valence-corrected chi connectivity index (χ4v) is 2.88. The molecule has 1 saturated carbocycles. The van der Waals surface area contributed by atoms with Crippen molar-refractivity contribution in [3.63, 3.8) is 0 Å². The Balaban J connectivity index is 0.000000659. The Bertz CT molecular complexity index is 183. The molecule has 3 N–H and O–H groups in total. The van der Waals surface area contributed by atoms with Gasteiger partial charge in [0.2, 0.25) is 0 Å². The number of aliphatic hydroxyl groups excluding tert-OH is 1. The number of hydrogen-bond donors (Lipinski definition) is 3. The van der Waals surface area contributed by atoms with Crippen LogP contribution < -0.4 is 5.32 Å². The lowest BCUT2D eigenvalue weighted by Crippen LogP contribution is -2.48. The highest BCUT2D eigenvalue weighted by atomic mass is 16.3. The van der Waals surface area contributed by atoms with Gasteiger partial charge in [0.05, 0.1) is 11.7 Å². The number of aliphatic hydroxyl groups is 2. The quantitative estimate of drug-likeness (QED) is 0.678. The van der Waals surface area contributed by atoms with Crippen molar-refractivity contribution in [2.45, 2.75) is 77.9 Å². The van der Waals surface area contributed by atoms with E-state index in [1.54, 1.807) is 0 Å². The Kier molecular flexibility index (Phi) is 9.70. The molecule has 0 spiro atoms. The lowest BCUT2D eigenvalue weighted by molar-refractivity contribution is -0.0671. The summed E-state index contributed by atoms with van der Waals surface area (Å²) in [6.45, 7) is 9.88. The van der Waals surface area contributed by atoms with Crippen molar-refractivity contribution >= 4 is 0 Å². The van der Waals surface area contributed by atoms with Gasteiger partial charge in [0.25, 0.3) is 0 Å². The predicted molar refractivity (Wildman–Crippen MR) is 77.7 cm³/mol. The van der Waals surface area contributed by atoms with Crippen LogP contribution in [0.25, 0.3) is 0 Å². The summed E-state index contributed by atoms with van der Waals surface area (Å²) in [6.07, 6.45) is 5.40. The van der Waals surface area contributed by atoms with E-state index in [1.165, 1.54) is 0 Å². The molecule has 3 heteroatoms. The molecule has 0 bridgehead atoms. The zero-order chi connectivity index (χ0) is 14.0. The Labute approximate surface area is 113 Å². The van der Waals surface area contributed by atoms with Gasteiger partial charge in [0.1, 0.15) is 0 Å². The first-order valence-corrected chi connectivity index (χ1v) is 7.82. The zero-order valence-electron chi connectivity index (χ0n) is 12.7. The number of hydrogen-bond acceptors (Lipinski definition) is 3. The molecule has 2 rings (SSSR count). The summed E-state index contributed by atoms with van der Waals surface area (Å²) < 4.78 is 0. The molecule has 18 heavy (non-hydrogen) atoms. The Morgan fingerprint density at radius 3 is 1.78 bits per heavy atom. The van der Waals surface area contributed by atoms with Gasteiger partial charge in [-0.15, -0.1) is 0 Å². The third-order valence-corrected chi connectivity index (χ3v) is 3.93. The van der Waals surface area contributed by atoms with Crippen LogP contribution in [0.15, 0.2) is 0 Å². The maximum absolute atomic E-state index is 10.5. The lowest BCUT2D eigenvalue weighted by atomic mass is 9.72. The summed E-state index contributed by atoms with van der Waals surface area (Å²) in [4.78, 5) is 0. The van der Waals surface area contributed by atoms with E-state index in [0.29, 0.717) is 5.92 Å². The molecule has 1 saturated heterocycles. The van der Waals surface area contributed by atoms with Gasteiger partial charge in [-0.3, -0.25) is 0 Å². The van der Waals surface area contributed by atoms with E-state index in [9.17, 15) is 10.2 Å². The molecule has 1 heterocycles. The third kappa shape index (κ3) is 5.25. The summed E-state index contributed by atoms with van der Waals surface area (Å²) >= 11 is 0. The summed E-state index contributed by atoms with van der Waals surface area (Å²) in [6, 6.07) is 0. The van der Waals surface area contributed by atoms with Gasteiger partial charge in [-0.25, -0.2) is 0 Å². The summed E-state index contributed by atoms with van der Waals surface area (Å²) in [5.41, 5.74) is -0.439. The van der Waals surface area contributed by atoms with Gasteiger partial charge in [0, 0.05) is 0 Å². The second kappa shape index (κ2) is 9.76. The Morgan fingerprint density at radius 1 is 0.889 bits per heavy atom. The molecular formula is C15H33NO2. The first-order valence-electron chi connectivity index (χ1n) is 7.82. The van der Waals surface area contributed by atoms with Crippen LogP contribution in [0.3, 0.4) is 0 Å². The minimum atomic E-state index is -0.439. The van der Waals surface area contributed by atoms with Crippen LogP contribution in [0.1, 0.15) is 66.2 Å². The van der Waals surface area contributed by atoms with Gasteiger partial charge in [-0.2, -0.15) is 0 Å². The average molecular weight is 259 g/mol. The van der Waals surface area contributed by atoms with Crippen LogP contribution in [0.4, 0.5) is 0 Å². The molecule has 0 unspecified atom stereocenters. The fraction of sp³-hybridized carbons (Fsp3) is 1.00. The van der Waals surface area contributed by atoms with Crippen molar-refractivity contribution in [1.82, 2.24) is 5.32 Å². The van der Waals surface area contributed by atoms with Crippen molar-refractivity contribution in [3.05, 3.63) is 0 Å². The van der Waals surface area contributed by atoms with E-state index < -0.39 is 5.60 Å². The minimum Gasteiger partial charge on any atom is -0.393 e. The standard InChI is InChI=1S/C11H21NO2.2C2H6/c13-10-3-1-9(2-4-10)11(14)5-7-12-8-6-11;2*1-2/h9-10,12-14H,1-8H2;2*1-2H3. The van der Waals surface area contributed by atoms with Crippen molar-refractivity contribution in [2.24, 2.45) is 5.92 Å². The molecule has 0 aromatic carbocycles. The molecule has 3 nitrogen and oxygen atoms in total. The summed E-state index contributed by atoms with van der Waals surface area (Å²) in [5.74, 6) is 0.424. The molecule has 0 amide bonds. The zero-order valence-corrected chi connectivity index (χ0v) is 12.7. The van der Waals surface area contributed by atoms with Gasteiger partial charge >= 0.3 is 0 Å². The van der Waals surface area contributed by atoms with Crippen LogP contribution >= 0.6 is 0 Å². The Morgan fingerprint density at radius 2 is 1.33 bits per heavy atom. The number of piperidine rings is 1. The SMILES string of the molecule is CC.CC.OC1CCC(C2(O)CCNCC2)CC1. The average Bonchev–Trinajstić information content (AvgIpc) is 2.45. The van der Waals surface area contributed by atoms with E-state index in [2.05, 4.69) is 5.32 Å². The highest BCUT2D eigenvalue weighted by Crippen LogP contribution is 2.37. The van der Waals surface area contributed by atoms with E-state index in [4.69, 9.17) is 0 Å². The largest absolute Gasteiger partial charge is 0.393 e. The lowest BCUT2D eigenvalue weighted by Gasteiger charge is -2.42. The van der Waals surface area contributed by atoms with E-state index in [-0.39, 0.29) is 6.10 Å². The molecule has 1 aliphatic heterocycles. The van der Waals surface area contributed by atoms with Gasteiger partial charge < -0.3 is 15.5 Å². The van der Waals surface area contributed by atoms with Crippen molar-refractivity contribution in [1.29, 1.82) is 0 Å². The number of rotatable bonds is 1. The molecule has 0 aromatic heterocycles. The van der Waals surface area contributed by atoms with E-state index in [0.717, 1.165) is 51.6 Å². The molecule has 0 aromatic rings. The third-order valence-electron chi connectivity index (χ3n) is 3.93. The van der Waals surface area contributed by atoms with Gasteiger partial charge in [-0.1, -0.05) is 27.7 Å². The molecule has 1 aliphatic carbocycles. The van der Waals surface area contributed by atoms with Crippen LogP contribution in [-0.2, 0) is 0 Å². The van der Waals surface area contributed by atoms with Crippen LogP contribution in [0.5, 0.6) is 0 Å². The van der Waals surface area contributed by atoms with Crippen LogP contribution in [0.2, 0.25) is 0 Å². The van der Waals surface area contributed by atoms with Crippen LogP contribution in [-0.4, -0.2) is 35.0 Å². The highest BCUT2D eigenvalue weighted by molar-refractivity contribution is 4.92. The maximum atomic E-state index is 10.5. The molecule has 110 valence electrons. The topological polar surface area (TPSA) is 52.5 Å². The predicted octanol–water partition coefficient (Wildman–Crippen LogP) is 2.70. The van der Waals surface area contributed by atoms with E-state index >= 15 is 0 Å².